The molecular formula is C17H18N2O2. The normalized spacial score (nSPS) is 15.2. The van der Waals surface area contributed by atoms with E-state index in [0.717, 1.165) is 37.1 Å². The maximum atomic E-state index is 11.2. The minimum Gasteiger partial charge on any atom is -0.295 e. The van der Waals surface area contributed by atoms with E-state index in [2.05, 4.69) is 17.0 Å². The van der Waals surface area contributed by atoms with E-state index in [-0.39, 0.29) is 10.6 Å². The van der Waals surface area contributed by atoms with Crippen LogP contribution in [0, 0.1) is 10.1 Å². The number of fused-ring (bicyclic) bond motifs is 1. The molecule has 21 heavy (non-hydrogen) atoms. The van der Waals surface area contributed by atoms with Crippen molar-refractivity contribution < 1.29 is 4.92 Å². The summed E-state index contributed by atoms with van der Waals surface area (Å²) in [7, 11) is 0. The van der Waals surface area contributed by atoms with Crippen LogP contribution in [0.1, 0.15) is 23.1 Å². The molecule has 0 bridgehead atoms. The fourth-order valence-corrected chi connectivity index (χ4v) is 2.98. The monoisotopic (exact) mass is 282 g/mol. The summed E-state index contributed by atoms with van der Waals surface area (Å²) in [4.78, 5) is 13.3. The molecular weight excluding hydrogens is 264 g/mol. The first-order valence-corrected chi connectivity index (χ1v) is 7.25. The zero-order valence-corrected chi connectivity index (χ0v) is 11.9. The lowest BCUT2D eigenvalue weighted by Crippen LogP contribution is -2.23. The summed E-state index contributed by atoms with van der Waals surface area (Å²) >= 11 is 0. The van der Waals surface area contributed by atoms with E-state index in [9.17, 15) is 10.1 Å². The summed E-state index contributed by atoms with van der Waals surface area (Å²) in [6.07, 6.45) is 1.96. The van der Waals surface area contributed by atoms with Crippen LogP contribution in [0.15, 0.2) is 48.5 Å². The average molecular weight is 282 g/mol. The van der Waals surface area contributed by atoms with Crippen molar-refractivity contribution in [3.63, 3.8) is 0 Å². The van der Waals surface area contributed by atoms with E-state index < -0.39 is 0 Å². The first-order chi connectivity index (χ1) is 10.2. The smallest absolute Gasteiger partial charge is 0.274 e. The molecule has 0 N–H and O–H groups in total. The first kappa shape index (κ1) is 13.8. The van der Waals surface area contributed by atoms with E-state index in [1.165, 1.54) is 5.56 Å². The standard InChI is InChI=1S/C17H18N2O2/c20-19(21)17-10-4-8-15-9-5-11-18(13-16(15)17)12-14-6-2-1-3-7-14/h1-4,6-8,10H,5,9,11-13H2. The molecule has 4 heteroatoms. The zero-order valence-electron chi connectivity index (χ0n) is 11.9. The van der Waals surface area contributed by atoms with Crippen molar-refractivity contribution in [3.8, 4) is 0 Å². The van der Waals surface area contributed by atoms with Crippen molar-refractivity contribution in [1.29, 1.82) is 0 Å². The lowest BCUT2D eigenvalue weighted by atomic mass is 10.0. The molecule has 0 aromatic heterocycles. The predicted molar refractivity (Wildman–Crippen MR) is 82.0 cm³/mol. The molecule has 3 rings (SSSR count). The van der Waals surface area contributed by atoms with E-state index in [1.807, 2.05) is 24.3 Å². The third kappa shape index (κ3) is 3.11. The largest absolute Gasteiger partial charge is 0.295 e. The van der Waals surface area contributed by atoms with Gasteiger partial charge < -0.3 is 0 Å². The molecule has 0 amide bonds. The van der Waals surface area contributed by atoms with Crippen molar-refractivity contribution in [2.24, 2.45) is 0 Å². The second-order valence-electron chi connectivity index (χ2n) is 5.47. The lowest BCUT2D eigenvalue weighted by molar-refractivity contribution is -0.385. The van der Waals surface area contributed by atoms with Crippen LogP contribution < -0.4 is 0 Å². The fraction of sp³-hybridized carbons (Fsp3) is 0.294. The SMILES string of the molecule is O=[N+]([O-])c1cccc2c1CN(Cc1ccccc1)CCC2. The zero-order chi connectivity index (χ0) is 14.7. The Labute approximate surface area is 124 Å². The van der Waals surface area contributed by atoms with Gasteiger partial charge in [0.05, 0.1) is 4.92 Å². The molecule has 2 aromatic rings. The summed E-state index contributed by atoms with van der Waals surface area (Å²) in [6, 6.07) is 15.7. The highest BCUT2D eigenvalue weighted by atomic mass is 16.6. The van der Waals surface area contributed by atoms with Gasteiger partial charge in [0.1, 0.15) is 0 Å². The highest BCUT2D eigenvalue weighted by Crippen LogP contribution is 2.28. The van der Waals surface area contributed by atoms with E-state index in [4.69, 9.17) is 0 Å². The highest BCUT2D eigenvalue weighted by molar-refractivity contribution is 5.46. The van der Waals surface area contributed by atoms with Gasteiger partial charge in [-0.25, -0.2) is 0 Å². The van der Waals surface area contributed by atoms with Gasteiger partial charge in [0.15, 0.2) is 0 Å². The Hall–Kier alpha value is -2.20. The van der Waals surface area contributed by atoms with Crippen LogP contribution in [0.3, 0.4) is 0 Å². The lowest BCUT2D eigenvalue weighted by Gasteiger charge is -2.20. The number of nitro groups is 1. The second kappa shape index (κ2) is 6.06. The first-order valence-electron chi connectivity index (χ1n) is 7.25. The third-order valence-electron chi connectivity index (χ3n) is 4.00. The minimum atomic E-state index is -0.259. The Morgan fingerprint density at radius 3 is 2.67 bits per heavy atom. The predicted octanol–water partition coefficient (Wildman–Crippen LogP) is 3.54. The second-order valence-corrected chi connectivity index (χ2v) is 5.47. The number of nitro benzene ring substituents is 1. The van der Waals surface area contributed by atoms with Gasteiger partial charge in [0.2, 0.25) is 0 Å². The topological polar surface area (TPSA) is 46.4 Å². The van der Waals surface area contributed by atoms with Crippen LogP contribution in [0.2, 0.25) is 0 Å². The Morgan fingerprint density at radius 2 is 1.90 bits per heavy atom. The Bertz CT molecular complexity index is 640. The van der Waals surface area contributed by atoms with Crippen molar-refractivity contribution in [1.82, 2.24) is 4.90 Å². The maximum Gasteiger partial charge on any atom is 0.274 e. The van der Waals surface area contributed by atoms with Gasteiger partial charge in [0, 0.05) is 24.7 Å². The van der Waals surface area contributed by atoms with E-state index in [1.54, 1.807) is 12.1 Å². The molecule has 1 aliphatic rings. The van der Waals surface area contributed by atoms with Crippen LogP contribution in [-0.4, -0.2) is 16.4 Å². The molecule has 108 valence electrons. The van der Waals surface area contributed by atoms with Crippen LogP contribution in [-0.2, 0) is 19.5 Å². The molecule has 0 unspecified atom stereocenters. The quantitative estimate of drug-likeness (QED) is 0.639. The Balaban J connectivity index is 1.86. The molecule has 1 heterocycles. The fourth-order valence-electron chi connectivity index (χ4n) is 2.98. The van der Waals surface area contributed by atoms with Gasteiger partial charge in [-0.2, -0.15) is 0 Å². The summed E-state index contributed by atoms with van der Waals surface area (Å²) in [5, 5.41) is 11.2. The van der Waals surface area contributed by atoms with Crippen molar-refractivity contribution >= 4 is 5.69 Å². The van der Waals surface area contributed by atoms with Crippen LogP contribution >= 0.6 is 0 Å². The molecule has 0 fully saturated rings. The maximum absolute atomic E-state index is 11.2. The molecule has 0 atom stereocenters. The van der Waals surface area contributed by atoms with Gasteiger partial charge in [-0.1, -0.05) is 42.5 Å². The molecule has 1 aliphatic heterocycles. The number of nitrogens with zero attached hydrogens (tertiary/aromatic N) is 2. The summed E-state index contributed by atoms with van der Waals surface area (Å²) < 4.78 is 0. The van der Waals surface area contributed by atoms with E-state index in [0.29, 0.717) is 6.54 Å². The van der Waals surface area contributed by atoms with E-state index >= 15 is 0 Å². The number of hydrogen-bond donors (Lipinski definition) is 0. The summed E-state index contributed by atoms with van der Waals surface area (Å²) in [5.41, 5.74) is 3.52. The number of benzene rings is 2. The molecule has 2 aromatic carbocycles. The van der Waals surface area contributed by atoms with Gasteiger partial charge >= 0.3 is 0 Å². The van der Waals surface area contributed by atoms with Gasteiger partial charge in [-0.3, -0.25) is 15.0 Å². The third-order valence-corrected chi connectivity index (χ3v) is 4.00. The van der Waals surface area contributed by atoms with Gasteiger partial charge in [-0.05, 0) is 30.5 Å². The number of hydrogen-bond acceptors (Lipinski definition) is 3. The molecule has 0 spiro atoms. The average Bonchev–Trinajstić information content (AvgIpc) is 2.69. The Morgan fingerprint density at radius 1 is 1.10 bits per heavy atom. The van der Waals surface area contributed by atoms with Crippen molar-refractivity contribution in [2.75, 3.05) is 6.54 Å². The molecule has 4 nitrogen and oxygen atoms in total. The van der Waals surface area contributed by atoms with Gasteiger partial charge in [-0.15, -0.1) is 0 Å². The molecule has 0 radical (unpaired) electrons. The van der Waals surface area contributed by atoms with Gasteiger partial charge in [0.25, 0.3) is 5.69 Å². The van der Waals surface area contributed by atoms with Crippen molar-refractivity contribution in [3.05, 3.63) is 75.3 Å². The molecule has 0 saturated carbocycles. The number of rotatable bonds is 3. The summed E-state index contributed by atoms with van der Waals surface area (Å²) in [6.45, 7) is 2.47. The van der Waals surface area contributed by atoms with Crippen LogP contribution in [0.25, 0.3) is 0 Å². The van der Waals surface area contributed by atoms with Crippen LogP contribution in [0.4, 0.5) is 5.69 Å². The molecule has 0 saturated heterocycles. The van der Waals surface area contributed by atoms with Crippen LogP contribution in [0.5, 0.6) is 0 Å². The minimum absolute atomic E-state index is 0.257. The summed E-state index contributed by atoms with van der Waals surface area (Å²) in [5.74, 6) is 0. The highest BCUT2D eigenvalue weighted by Gasteiger charge is 2.22. The number of aryl methyl sites for hydroxylation is 1. The Kier molecular flexibility index (Phi) is 3.97. The van der Waals surface area contributed by atoms with Crippen molar-refractivity contribution in [2.45, 2.75) is 25.9 Å². The molecule has 0 aliphatic carbocycles.